The zero-order valence-electron chi connectivity index (χ0n) is 18.2. The molecule has 4 aromatic rings. The number of rotatable bonds is 5. The molecule has 0 spiro atoms. The van der Waals surface area contributed by atoms with Crippen LogP contribution in [0.1, 0.15) is 33.3 Å². The summed E-state index contributed by atoms with van der Waals surface area (Å²) in [4.78, 5) is 28.2. The highest BCUT2D eigenvalue weighted by Gasteiger charge is 2.44. The molecule has 0 bridgehead atoms. The monoisotopic (exact) mass is 477 g/mol. The zero-order valence-corrected chi connectivity index (χ0v) is 18.2. The number of benzene rings is 3. The molecule has 1 aromatic heterocycles. The lowest BCUT2D eigenvalue weighted by atomic mass is 9.98. The Balaban J connectivity index is 1.72. The summed E-state index contributed by atoms with van der Waals surface area (Å²) in [5, 5.41) is 0.279. The predicted octanol–water partition coefficient (Wildman–Crippen LogP) is 6.13. The highest BCUT2D eigenvalue weighted by molar-refractivity contribution is 6.10. The first-order valence-corrected chi connectivity index (χ1v) is 10.7. The van der Waals surface area contributed by atoms with Crippen molar-refractivity contribution in [1.82, 2.24) is 0 Å². The largest absolute Gasteiger partial charge is 0.490 e. The molecule has 176 valence electrons. The van der Waals surface area contributed by atoms with E-state index in [1.165, 1.54) is 17.0 Å². The maximum atomic E-state index is 13.5. The molecule has 0 radical (unpaired) electrons. The summed E-state index contributed by atoms with van der Waals surface area (Å²) in [6.07, 6.45) is -3.01. The third-order valence-corrected chi connectivity index (χ3v) is 5.79. The van der Waals surface area contributed by atoms with Crippen molar-refractivity contribution in [1.29, 1.82) is 0 Å². The van der Waals surface area contributed by atoms with Gasteiger partial charge in [0.2, 0.25) is 5.76 Å². The summed E-state index contributed by atoms with van der Waals surface area (Å²) in [7, 11) is 0. The SMILES string of the molecule is C=CCOc1ccc(C2c3c(oc4ccccc4c3=O)C(=O)N2c2cccc(C(F)(F)F)c2)cc1. The third-order valence-electron chi connectivity index (χ3n) is 5.79. The van der Waals surface area contributed by atoms with Crippen molar-refractivity contribution in [3.63, 3.8) is 0 Å². The number of alkyl halides is 3. The highest BCUT2D eigenvalue weighted by Crippen LogP contribution is 2.42. The Bertz CT molecular complexity index is 1510. The molecule has 1 aliphatic heterocycles. The number of carbonyl (C=O) groups excluding carboxylic acids is 1. The van der Waals surface area contributed by atoms with Gasteiger partial charge in [-0.25, -0.2) is 0 Å². The first kappa shape index (κ1) is 22.5. The molecule has 0 fully saturated rings. The average Bonchev–Trinajstić information content (AvgIpc) is 3.15. The Morgan fingerprint density at radius 1 is 1.00 bits per heavy atom. The van der Waals surface area contributed by atoms with Crippen LogP contribution in [-0.2, 0) is 6.18 Å². The van der Waals surface area contributed by atoms with Crippen LogP contribution in [-0.4, -0.2) is 12.5 Å². The maximum absolute atomic E-state index is 13.5. The number of amides is 1. The van der Waals surface area contributed by atoms with E-state index >= 15 is 0 Å². The fourth-order valence-electron chi connectivity index (χ4n) is 4.23. The Hall–Kier alpha value is -4.33. The van der Waals surface area contributed by atoms with E-state index in [2.05, 4.69) is 6.58 Å². The van der Waals surface area contributed by atoms with Crippen molar-refractivity contribution < 1.29 is 27.1 Å². The molecule has 35 heavy (non-hydrogen) atoms. The van der Waals surface area contributed by atoms with Gasteiger partial charge in [-0.1, -0.05) is 43.0 Å². The van der Waals surface area contributed by atoms with Gasteiger partial charge in [-0.2, -0.15) is 13.2 Å². The van der Waals surface area contributed by atoms with Gasteiger partial charge < -0.3 is 9.15 Å². The Labute approximate surface area is 197 Å². The molecule has 1 amide bonds. The van der Waals surface area contributed by atoms with Gasteiger partial charge in [-0.3, -0.25) is 14.5 Å². The molecule has 5 rings (SSSR count). The summed E-state index contributed by atoms with van der Waals surface area (Å²) >= 11 is 0. The van der Waals surface area contributed by atoms with E-state index < -0.39 is 29.1 Å². The van der Waals surface area contributed by atoms with Crippen molar-refractivity contribution >= 4 is 22.6 Å². The second kappa shape index (κ2) is 8.47. The van der Waals surface area contributed by atoms with E-state index in [-0.39, 0.29) is 34.6 Å². The average molecular weight is 477 g/mol. The number of carbonyl (C=O) groups is 1. The molecular formula is C27H18F3NO4. The zero-order chi connectivity index (χ0) is 24.7. The smallest absolute Gasteiger partial charge is 0.416 e. The van der Waals surface area contributed by atoms with Crippen molar-refractivity contribution in [2.24, 2.45) is 0 Å². The molecule has 0 saturated carbocycles. The van der Waals surface area contributed by atoms with Crippen LogP contribution in [0.4, 0.5) is 18.9 Å². The van der Waals surface area contributed by atoms with Crippen molar-refractivity contribution in [3.8, 4) is 5.75 Å². The molecule has 3 aromatic carbocycles. The minimum Gasteiger partial charge on any atom is -0.490 e. The Morgan fingerprint density at radius 2 is 1.74 bits per heavy atom. The molecule has 1 atom stereocenters. The molecule has 0 aliphatic carbocycles. The predicted molar refractivity (Wildman–Crippen MR) is 125 cm³/mol. The number of halogens is 3. The number of ether oxygens (including phenoxy) is 1. The standard InChI is InChI=1S/C27H18F3NO4/c1-2-14-34-19-12-10-16(11-13-19)23-22-24(32)20-8-3-4-9-21(20)35-25(22)26(33)31(23)18-7-5-6-17(15-18)27(28,29)30/h2-13,15,23H,1,14H2. The van der Waals surface area contributed by atoms with Gasteiger partial charge in [0, 0.05) is 5.69 Å². The second-order valence-electron chi connectivity index (χ2n) is 7.96. The van der Waals surface area contributed by atoms with Crippen LogP contribution < -0.4 is 15.1 Å². The lowest BCUT2D eigenvalue weighted by molar-refractivity contribution is -0.137. The third kappa shape index (κ3) is 3.86. The second-order valence-corrected chi connectivity index (χ2v) is 7.96. The molecule has 0 N–H and O–H groups in total. The number of hydrogen-bond acceptors (Lipinski definition) is 4. The van der Waals surface area contributed by atoms with E-state index in [0.717, 1.165) is 12.1 Å². The normalized spacial score (nSPS) is 15.3. The fourth-order valence-corrected chi connectivity index (χ4v) is 4.23. The van der Waals surface area contributed by atoms with Crippen LogP contribution in [0.25, 0.3) is 11.0 Å². The molecule has 1 unspecified atom stereocenters. The van der Waals surface area contributed by atoms with Crippen LogP contribution in [0.3, 0.4) is 0 Å². The van der Waals surface area contributed by atoms with Gasteiger partial charge in [0.1, 0.15) is 17.9 Å². The number of hydrogen-bond donors (Lipinski definition) is 0. The Morgan fingerprint density at radius 3 is 2.46 bits per heavy atom. The first-order valence-electron chi connectivity index (χ1n) is 10.7. The van der Waals surface area contributed by atoms with Gasteiger partial charge in [0.15, 0.2) is 5.43 Å². The van der Waals surface area contributed by atoms with Crippen molar-refractivity contribution in [3.05, 3.63) is 118 Å². The summed E-state index contributed by atoms with van der Waals surface area (Å²) < 4.78 is 51.7. The lowest BCUT2D eigenvalue weighted by Gasteiger charge is -2.26. The molecule has 1 aliphatic rings. The van der Waals surface area contributed by atoms with E-state index in [9.17, 15) is 22.8 Å². The fraction of sp³-hybridized carbons (Fsp3) is 0.111. The topological polar surface area (TPSA) is 59.8 Å². The van der Waals surface area contributed by atoms with E-state index in [4.69, 9.17) is 9.15 Å². The Kier molecular flexibility index (Phi) is 5.43. The molecular weight excluding hydrogens is 459 g/mol. The quantitative estimate of drug-likeness (QED) is 0.325. The van der Waals surface area contributed by atoms with Crippen LogP contribution in [0.15, 0.2) is 94.7 Å². The number of fused-ring (bicyclic) bond motifs is 2. The number of anilines is 1. The van der Waals surface area contributed by atoms with E-state index in [1.54, 1.807) is 54.6 Å². The minimum atomic E-state index is -4.60. The van der Waals surface area contributed by atoms with E-state index in [1.807, 2.05) is 0 Å². The van der Waals surface area contributed by atoms with Gasteiger partial charge in [-0.15, -0.1) is 0 Å². The number of para-hydroxylation sites is 1. The molecule has 8 heteroatoms. The summed E-state index contributed by atoms with van der Waals surface area (Å²) in [5.41, 5.74) is -0.509. The van der Waals surface area contributed by atoms with E-state index in [0.29, 0.717) is 11.3 Å². The van der Waals surface area contributed by atoms with Gasteiger partial charge in [0.25, 0.3) is 5.91 Å². The van der Waals surface area contributed by atoms with Crippen molar-refractivity contribution in [2.75, 3.05) is 11.5 Å². The maximum Gasteiger partial charge on any atom is 0.416 e. The van der Waals surface area contributed by atoms with Gasteiger partial charge >= 0.3 is 6.18 Å². The highest BCUT2D eigenvalue weighted by atomic mass is 19.4. The van der Waals surface area contributed by atoms with Crippen molar-refractivity contribution in [2.45, 2.75) is 12.2 Å². The number of nitrogens with zero attached hydrogens (tertiary/aromatic N) is 1. The summed E-state index contributed by atoms with van der Waals surface area (Å²) in [6.45, 7) is 3.89. The molecule has 0 saturated heterocycles. The van der Waals surface area contributed by atoms with Crippen LogP contribution in [0.2, 0.25) is 0 Å². The van der Waals surface area contributed by atoms with Gasteiger partial charge in [-0.05, 0) is 48.0 Å². The minimum absolute atomic E-state index is 0.00309. The van der Waals surface area contributed by atoms with Crippen LogP contribution in [0, 0.1) is 0 Å². The first-order chi connectivity index (χ1) is 16.8. The summed E-state index contributed by atoms with van der Waals surface area (Å²) in [5.74, 6) is -0.350. The summed E-state index contributed by atoms with van der Waals surface area (Å²) in [6, 6.07) is 16.6. The molecule has 5 nitrogen and oxygen atoms in total. The molecule has 2 heterocycles. The van der Waals surface area contributed by atoms with Crippen LogP contribution in [0.5, 0.6) is 5.75 Å². The lowest BCUT2D eigenvalue weighted by Crippen LogP contribution is -2.29. The van der Waals surface area contributed by atoms with Crippen LogP contribution >= 0.6 is 0 Å². The van der Waals surface area contributed by atoms with Gasteiger partial charge in [0.05, 0.1) is 22.6 Å².